The van der Waals surface area contributed by atoms with Gasteiger partial charge in [0.15, 0.2) is 5.54 Å². The Morgan fingerprint density at radius 3 is 2.81 bits per heavy atom. The summed E-state index contributed by atoms with van der Waals surface area (Å²) in [6.45, 7) is -0.0490. The number of aliphatic carboxylic acids is 1. The van der Waals surface area contributed by atoms with Crippen LogP contribution in [0.15, 0.2) is 29.2 Å². The highest BCUT2D eigenvalue weighted by Gasteiger charge is 2.53. The predicted octanol–water partition coefficient (Wildman–Crippen LogP) is 1.59. The van der Waals surface area contributed by atoms with Crippen LogP contribution in [0.4, 0.5) is 0 Å². The van der Waals surface area contributed by atoms with E-state index in [2.05, 4.69) is 0 Å². The quantitative estimate of drug-likeness (QED) is 0.884. The van der Waals surface area contributed by atoms with Gasteiger partial charge in [-0.25, -0.2) is 8.42 Å². The number of methoxy groups -OCH3 is 1. The van der Waals surface area contributed by atoms with Crippen molar-refractivity contribution in [2.24, 2.45) is 0 Å². The Labute approximate surface area is 128 Å². The van der Waals surface area contributed by atoms with Crippen molar-refractivity contribution in [3.8, 4) is 0 Å². The van der Waals surface area contributed by atoms with Crippen LogP contribution in [0.3, 0.4) is 0 Å². The Balaban J connectivity index is 2.50. The van der Waals surface area contributed by atoms with E-state index >= 15 is 0 Å². The van der Waals surface area contributed by atoms with E-state index < -0.39 is 21.5 Å². The first kappa shape index (κ1) is 16.2. The lowest BCUT2D eigenvalue weighted by molar-refractivity contribution is -0.150. The lowest BCUT2D eigenvalue weighted by Crippen LogP contribution is -2.55. The Bertz CT molecular complexity index is 648. The third-order valence-corrected chi connectivity index (χ3v) is 5.79. The first-order valence-corrected chi connectivity index (χ1v) is 8.17. The molecule has 0 saturated carbocycles. The summed E-state index contributed by atoms with van der Waals surface area (Å²) in [5, 5.41) is 9.80. The zero-order chi connectivity index (χ0) is 15.7. The molecule has 1 N–H and O–H groups in total. The smallest absolute Gasteiger partial charge is 0.327 e. The molecule has 1 aromatic rings. The fourth-order valence-corrected chi connectivity index (χ4v) is 4.70. The zero-order valence-corrected chi connectivity index (χ0v) is 13.0. The highest BCUT2D eigenvalue weighted by molar-refractivity contribution is 7.89. The number of benzene rings is 1. The second-order valence-electron chi connectivity index (χ2n) is 4.91. The molecule has 1 fully saturated rings. The molecule has 1 atom stereocenters. The number of ether oxygens (including phenoxy) is 1. The summed E-state index contributed by atoms with van der Waals surface area (Å²) >= 11 is 5.83. The molecule has 0 spiro atoms. The van der Waals surface area contributed by atoms with Crippen molar-refractivity contribution >= 4 is 27.6 Å². The van der Waals surface area contributed by atoms with Gasteiger partial charge in [-0.15, -0.1) is 0 Å². The van der Waals surface area contributed by atoms with Crippen molar-refractivity contribution < 1.29 is 23.1 Å². The number of sulfonamides is 1. The number of hydrogen-bond acceptors (Lipinski definition) is 4. The maximum Gasteiger partial charge on any atom is 0.327 e. The van der Waals surface area contributed by atoms with Crippen LogP contribution in [0, 0.1) is 0 Å². The van der Waals surface area contributed by atoms with Gasteiger partial charge >= 0.3 is 5.97 Å². The maximum absolute atomic E-state index is 12.7. The Morgan fingerprint density at radius 2 is 2.24 bits per heavy atom. The van der Waals surface area contributed by atoms with Gasteiger partial charge in [0.05, 0.1) is 11.5 Å². The second kappa shape index (κ2) is 5.92. The van der Waals surface area contributed by atoms with E-state index in [9.17, 15) is 18.3 Å². The number of carboxylic acids is 1. The van der Waals surface area contributed by atoms with E-state index in [0.29, 0.717) is 6.42 Å². The number of carbonyl (C=O) groups is 1. The summed E-state index contributed by atoms with van der Waals surface area (Å²) in [6.07, 6.45) is 0.686. The third-order valence-electron chi connectivity index (χ3n) is 3.59. The number of nitrogens with zero attached hydrogens (tertiary/aromatic N) is 1. The van der Waals surface area contributed by atoms with E-state index in [4.69, 9.17) is 16.3 Å². The van der Waals surface area contributed by atoms with E-state index in [-0.39, 0.29) is 29.5 Å². The zero-order valence-electron chi connectivity index (χ0n) is 11.5. The fraction of sp³-hybridized carbons (Fsp3) is 0.462. The molecule has 0 aliphatic carbocycles. The molecule has 2 rings (SSSR count). The van der Waals surface area contributed by atoms with Crippen LogP contribution in [0.5, 0.6) is 0 Å². The molecule has 1 aromatic carbocycles. The third kappa shape index (κ3) is 2.78. The summed E-state index contributed by atoms with van der Waals surface area (Å²) in [5.41, 5.74) is -1.56. The minimum Gasteiger partial charge on any atom is -0.480 e. The molecule has 8 heteroatoms. The normalized spacial score (nSPS) is 23.3. The largest absolute Gasteiger partial charge is 0.480 e. The van der Waals surface area contributed by atoms with E-state index in [0.717, 1.165) is 4.31 Å². The van der Waals surface area contributed by atoms with E-state index in [1.165, 1.54) is 25.3 Å². The average molecular weight is 334 g/mol. The monoisotopic (exact) mass is 333 g/mol. The topological polar surface area (TPSA) is 83.9 Å². The molecule has 116 valence electrons. The molecule has 0 aromatic heterocycles. The molecule has 0 amide bonds. The Kier molecular flexibility index (Phi) is 4.57. The summed E-state index contributed by atoms with van der Waals surface area (Å²) < 4.78 is 31.4. The van der Waals surface area contributed by atoms with E-state index in [1.807, 2.05) is 0 Å². The lowest BCUT2D eigenvalue weighted by Gasteiger charge is -2.33. The minimum atomic E-state index is -3.95. The lowest BCUT2D eigenvalue weighted by atomic mass is 9.99. The predicted molar refractivity (Wildman–Crippen MR) is 76.8 cm³/mol. The molecular weight excluding hydrogens is 318 g/mol. The molecule has 6 nitrogen and oxygen atoms in total. The van der Waals surface area contributed by atoms with Crippen molar-refractivity contribution in [1.29, 1.82) is 0 Å². The second-order valence-corrected chi connectivity index (χ2v) is 7.21. The number of halogens is 1. The summed E-state index contributed by atoms with van der Waals surface area (Å²) in [6, 6.07) is 5.79. The van der Waals surface area contributed by atoms with Gasteiger partial charge in [0.25, 0.3) is 0 Å². The summed E-state index contributed by atoms with van der Waals surface area (Å²) in [5.74, 6) is -1.20. The van der Waals surface area contributed by atoms with Crippen LogP contribution < -0.4 is 0 Å². The van der Waals surface area contributed by atoms with Crippen LogP contribution in [-0.4, -0.2) is 49.6 Å². The van der Waals surface area contributed by atoms with Crippen molar-refractivity contribution in [1.82, 2.24) is 4.31 Å². The molecule has 0 bridgehead atoms. The number of hydrogen-bond donors (Lipinski definition) is 1. The minimum absolute atomic E-state index is 0.0152. The Hall–Kier alpha value is -1.15. The van der Waals surface area contributed by atoms with Crippen molar-refractivity contribution in [2.45, 2.75) is 23.3 Å². The van der Waals surface area contributed by atoms with Gasteiger partial charge in [0, 0.05) is 18.7 Å². The molecule has 1 saturated heterocycles. The fourth-order valence-electron chi connectivity index (χ4n) is 2.62. The van der Waals surface area contributed by atoms with Gasteiger partial charge in [-0.2, -0.15) is 4.31 Å². The van der Waals surface area contributed by atoms with E-state index in [1.54, 1.807) is 6.07 Å². The van der Waals surface area contributed by atoms with Crippen molar-refractivity contribution in [2.75, 3.05) is 20.3 Å². The average Bonchev–Trinajstić information content (AvgIpc) is 2.85. The molecule has 1 aliphatic heterocycles. The number of rotatable bonds is 5. The molecule has 1 aliphatic rings. The standard InChI is InChI=1S/C13H16ClNO5S/c1-20-9-13(12(16)17)6-3-7-15(13)21(18,19)11-5-2-4-10(14)8-11/h2,4-5,8H,3,6-7,9H2,1H3,(H,16,17). The van der Waals surface area contributed by atoms with Gasteiger partial charge in [0.1, 0.15) is 0 Å². The first-order valence-electron chi connectivity index (χ1n) is 6.35. The van der Waals surface area contributed by atoms with Crippen LogP contribution in [0.2, 0.25) is 5.02 Å². The first-order chi connectivity index (χ1) is 9.84. The van der Waals surface area contributed by atoms with Gasteiger partial charge in [-0.3, -0.25) is 4.79 Å². The summed E-state index contributed by atoms with van der Waals surface area (Å²) in [7, 11) is -2.59. The highest BCUT2D eigenvalue weighted by Crippen LogP contribution is 2.35. The van der Waals surface area contributed by atoms with Crippen molar-refractivity contribution in [3.63, 3.8) is 0 Å². The van der Waals surface area contributed by atoms with Gasteiger partial charge in [-0.05, 0) is 31.0 Å². The molecule has 1 unspecified atom stereocenters. The molecule has 0 radical (unpaired) electrons. The van der Waals surface area contributed by atoms with Crippen molar-refractivity contribution in [3.05, 3.63) is 29.3 Å². The molecular formula is C13H16ClNO5S. The van der Waals surface area contributed by atoms with Crippen LogP contribution in [-0.2, 0) is 19.6 Å². The Morgan fingerprint density at radius 1 is 1.52 bits per heavy atom. The van der Waals surface area contributed by atoms with Gasteiger partial charge < -0.3 is 9.84 Å². The SMILES string of the molecule is COCC1(C(=O)O)CCCN1S(=O)(=O)c1cccc(Cl)c1. The van der Waals surface area contributed by atoms with Gasteiger partial charge in [0.2, 0.25) is 10.0 Å². The van der Waals surface area contributed by atoms with Gasteiger partial charge in [-0.1, -0.05) is 17.7 Å². The maximum atomic E-state index is 12.7. The highest BCUT2D eigenvalue weighted by atomic mass is 35.5. The van der Waals surface area contributed by atoms with Crippen LogP contribution >= 0.6 is 11.6 Å². The molecule has 21 heavy (non-hydrogen) atoms. The van der Waals surface area contributed by atoms with Crippen LogP contribution in [0.25, 0.3) is 0 Å². The molecule has 1 heterocycles. The number of carboxylic acid groups (broad SMARTS) is 1. The van der Waals surface area contributed by atoms with Crippen LogP contribution in [0.1, 0.15) is 12.8 Å². The summed E-state index contributed by atoms with van der Waals surface area (Å²) in [4.78, 5) is 11.6.